The minimum Gasteiger partial charge on any atom is -0.0622 e. The van der Waals surface area contributed by atoms with Crippen molar-refractivity contribution < 1.29 is 0 Å². The van der Waals surface area contributed by atoms with E-state index in [0.29, 0.717) is 0 Å². The van der Waals surface area contributed by atoms with E-state index in [1.807, 2.05) is 0 Å². The minimum atomic E-state index is 1.26. The van der Waals surface area contributed by atoms with E-state index in [9.17, 15) is 0 Å². The van der Waals surface area contributed by atoms with Gasteiger partial charge < -0.3 is 0 Å². The van der Waals surface area contributed by atoms with Crippen molar-refractivity contribution in [1.82, 2.24) is 0 Å². The third-order valence-electron chi connectivity index (χ3n) is 4.07. The summed E-state index contributed by atoms with van der Waals surface area (Å²) >= 11 is 0. The lowest BCUT2D eigenvalue weighted by molar-refractivity contribution is 1.63. The molecule has 0 heteroatoms. The van der Waals surface area contributed by atoms with Crippen LogP contribution in [0.3, 0.4) is 0 Å². The average Bonchev–Trinajstić information content (AvgIpc) is 2.62. The van der Waals surface area contributed by atoms with Crippen LogP contribution in [-0.4, -0.2) is 0 Å². The van der Waals surface area contributed by atoms with Crippen LogP contribution >= 0.6 is 0 Å². The van der Waals surface area contributed by atoms with Crippen molar-refractivity contribution >= 4 is 10.8 Å². The van der Waals surface area contributed by atoms with Gasteiger partial charge in [-0.15, -0.1) is 0 Å². The van der Waals surface area contributed by atoms with Gasteiger partial charge in [0, 0.05) is 0 Å². The molecular weight excluding hydrogens is 264 g/mol. The molecule has 0 unspecified atom stereocenters. The summed E-state index contributed by atoms with van der Waals surface area (Å²) in [5.74, 6) is 0. The van der Waals surface area contributed by atoms with Crippen LogP contribution in [0.25, 0.3) is 33.0 Å². The average molecular weight is 280 g/mol. The van der Waals surface area contributed by atoms with Crippen molar-refractivity contribution in [1.29, 1.82) is 0 Å². The summed E-state index contributed by atoms with van der Waals surface area (Å²) < 4.78 is 0. The van der Waals surface area contributed by atoms with Gasteiger partial charge in [-0.1, -0.05) is 91.0 Å². The molecule has 0 N–H and O–H groups in total. The summed E-state index contributed by atoms with van der Waals surface area (Å²) in [7, 11) is 0. The highest BCUT2D eigenvalue weighted by Gasteiger charge is 2.05. The molecule has 0 aliphatic rings. The highest BCUT2D eigenvalue weighted by molar-refractivity contribution is 5.99. The largest absolute Gasteiger partial charge is 0.0622 e. The highest BCUT2D eigenvalue weighted by Crippen LogP contribution is 2.32. The fraction of sp³-hybridized carbons (Fsp3) is 0. The van der Waals surface area contributed by atoms with Gasteiger partial charge >= 0.3 is 0 Å². The van der Waals surface area contributed by atoms with Crippen molar-refractivity contribution in [3.8, 4) is 22.3 Å². The molecule has 0 aliphatic heterocycles. The zero-order chi connectivity index (χ0) is 14.8. The first-order chi connectivity index (χ1) is 10.9. The van der Waals surface area contributed by atoms with Gasteiger partial charge in [-0.2, -0.15) is 0 Å². The molecule has 0 saturated heterocycles. The van der Waals surface area contributed by atoms with Gasteiger partial charge in [0.1, 0.15) is 0 Å². The predicted molar refractivity (Wildman–Crippen MR) is 94.8 cm³/mol. The molecule has 22 heavy (non-hydrogen) atoms. The van der Waals surface area contributed by atoms with Gasteiger partial charge in [-0.3, -0.25) is 0 Å². The first-order valence-corrected chi connectivity index (χ1v) is 7.55. The molecule has 0 saturated carbocycles. The Hall–Kier alpha value is -2.86. The maximum Gasteiger partial charge on any atom is -0.00992 e. The Morgan fingerprint density at radius 1 is 0.409 bits per heavy atom. The Bertz CT molecular complexity index is 906. The SMILES string of the molecule is c1ccc(-c2ccc3cccc(-c4ccccc4)c3c2)cc1. The molecule has 0 bridgehead atoms. The van der Waals surface area contributed by atoms with Gasteiger partial charge in [-0.05, 0) is 39.1 Å². The van der Waals surface area contributed by atoms with E-state index >= 15 is 0 Å². The van der Waals surface area contributed by atoms with Crippen LogP contribution in [0.4, 0.5) is 0 Å². The van der Waals surface area contributed by atoms with Crippen LogP contribution in [-0.2, 0) is 0 Å². The smallest absolute Gasteiger partial charge is 0.00992 e. The van der Waals surface area contributed by atoms with Gasteiger partial charge in [0.05, 0.1) is 0 Å². The van der Waals surface area contributed by atoms with E-state index in [0.717, 1.165) is 0 Å². The predicted octanol–water partition coefficient (Wildman–Crippen LogP) is 6.17. The van der Waals surface area contributed by atoms with Crippen molar-refractivity contribution in [2.24, 2.45) is 0 Å². The second-order valence-corrected chi connectivity index (χ2v) is 5.47. The van der Waals surface area contributed by atoms with Gasteiger partial charge in [0.15, 0.2) is 0 Å². The van der Waals surface area contributed by atoms with Crippen molar-refractivity contribution in [2.45, 2.75) is 0 Å². The quantitative estimate of drug-likeness (QED) is 0.411. The second-order valence-electron chi connectivity index (χ2n) is 5.47. The van der Waals surface area contributed by atoms with E-state index in [1.54, 1.807) is 0 Å². The first kappa shape index (κ1) is 12.8. The summed E-state index contributed by atoms with van der Waals surface area (Å²) in [6.45, 7) is 0. The van der Waals surface area contributed by atoms with Crippen LogP contribution in [0, 0.1) is 0 Å². The van der Waals surface area contributed by atoms with Crippen LogP contribution in [0.5, 0.6) is 0 Å². The van der Waals surface area contributed by atoms with Crippen LogP contribution in [0.2, 0.25) is 0 Å². The van der Waals surface area contributed by atoms with E-state index in [4.69, 9.17) is 0 Å². The molecule has 4 rings (SSSR count). The Morgan fingerprint density at radius 2 is 1.09 bits per heavy atom. The monoisotopic (exact) mass is 280 g/mol. The van der Waals surface area contributed by atoms with E-state index in [2.05, 4.69) is 97.1 Å². The second kappa shape index (κ2) is 5.50. The van der Waals surface area contributed by atoms with Crippen molar-refractivity contribution in [3.05, 3.63) is 97.1 Å². The number of benzene rings is 4. The lowest BCUT2D eigenvalue weighted by atomic mass is 9.95. The molecule has 0 aromatic heterocycles. The summed E-state index contributed by atoms with van der Waals surface area (Å²) in [5, 5.41) is 2.58. The molecule has 4 aromatic carbocycles. The van der Waals surface area contributed by atoms with Gasteiger partial charge in [0.2, 0.25) is 0 Å². The molecule has 0 aliphatic carbocycles. The fourth-order valence-corrected chi connectivity index (χ4v) is 2.95. The highest BCUT2D eigenvalue weighted by atomic mass is 14.1. The van der Waals surface area contributed by atoms with Crippen molar-refractivity contribution in [2.75, 3.05) is 0 Å². The van der Waals surface area contributed by atoms with E-state index in [-0.39, 0.29) is 0 Å². The molecule has 0 spiro atoms. The van der Waals surface area contributed by atoms with Crippen molar-refractivity contribution in [3.63, 3.8) is 0 Å². The molecule has 0 atom stereocenters. The molecule has 0 nitrogen and oxygen atoms in total. The zero-order valence-corrected chi connectivity index (χ0v) is 12.2. The first-order valence-electron chi connectivity index (χ1n) is 7.55. The van der Waals surface area contributed by atoms with Crippen LogP contribution in [0.1, 0.15) is 0 Å². The maximum atomic E-state index is 2.30. The minimum absolute atomic E-state index is 1.26. The molecule has 0 heterocycles. The molecule has 104 valence electrons. The topological polar surface area (TPSA) is 0 Å². The summed E-state index contributed by atoms with van der Waals surface area (Å²) in [5.41, 5.74) is 5.07. The normalized spacial score (nSPS) is 10.7. The molecule has 4 aromatic rings. The molecule has 0 radical (unpaired) electrons. The maximum absolute atomic E-state index is 2.30. The number of rotatable bonds is 2. The van der Waals surface area contributed by atoms with E-state index < -0.39 is 0 Å². The molecule has 0 amide bonds. The van der Waals surface area contributed by atoms with Gasteiger partial charge in [0.25, 0.3) is 0 Å². The zero-order valence-electron chi connectivity index (χ0n) is 12.2. The number of hydrogen-bond donors (Lipinski definition) is 0. The third kappa shape index (κ3) is 2.29. The van der Waals surface area contributed by atoms with Crippen LogP contribution in [0.15, 0.2) is 97.1 Å². The van der Waals surface area contributed by atoms with E-state index in [1.165, 1.54) is 33.0 Å². The fourth-order valence-electron chi connectivity index (χ4n) is 2.95. The Morgan fingerprint density at radius 3 is 1.82 bits per heavy atom. The summed E-state index contributed by atoms with van der Waals surface area (Å²) in [6.07, 6.45) is 0. The Balaban J connectivity index is 1.95. The number of hydrogen-bond acceptors (Lipinski definition) is 0. The summed E-state index contributed by atoms with van der Waals surface area (Å²) in [4.78, 5) is 0. The summed E-state index contributed by atoms with van der Waals surface area (Å²) in [6, 6.07) is 34.4. The Labute approximate surface area is 130 Å². The third-order valence-corrected chi connectivity index (χ3v) is 4.07. The Kier molecular flexibility index (Phi) is 3.21. The lowest BCUT2D eigenvalue weighted by Crippen LogP contribution is -1.83. The van der Waals surface area contributed by atoms with Gasteiger partial charge in [-0.25, -0.2) is 0 Å². The standard InChI is InChI=1S/C22H16/c1-3-8-17(9-4-1)20-15-14-19-12-7-13-21(22(19)16-20)18-10-5-2-6-11-18/h1-16H. The molecule has 0 fully saturated rings. The van der Waals surface area contributed by atoms with Crippen LogP contribution < -0.4 is 0 Å². The number of fused-ring (bicyclic) bond motifs is 1. The molecular formula is C22H16. The lowest BCUT2D eigenvalue weighted by Gasteiger charge is -2.09.